The lowest BCUT2D eigenvalue weighted by Gasteiger charge is -2.11. The molecule has 0 saturated carbocycles. The number of hydrogen-bond donors (Lipinski definition) is 3. The van der Waals surface area contributed by atoms with Crippen molar-refractivity contribution in [1.82, 2.24) is 5.32 Å². The highest BCUT2D eigenvalue weighted by molar-refractivity contribution is 7.98. The van der Waals surface area contributed by atoms with E-state index in [4.69, 9.17) is 10.8 Å². The van der Waals surface area contributed by atoms with E-state index in [2.05, 4.69) is 5.32 Å². The Hall–Kier alpha value is -0.260. The summed E-state index contributed by atoms with van der Waals surface area (Å²) in [5, 5.41) is 11.4. The van der Waals surface area contributed by atoms with Crippen molar-refractivity contribution in [2.75, 3.05) is 25.2 Å². The van der Waals surface area contributed by atoms with Crippen LogP contribution in [0.25, 0.3) is 0 Å². The van der Waals surface area contributed by atoms with Gasteiger partial charge in [-0.05, 0) is 31.3 Å². The summed E-state index contributed by atoms with van der Waals surface area (Å²) in [7, 11) is 0. The standard InChI is InChI=1S/C11H24N2O2S/c1-16-9-6-10(12)11(15)13-7-4-2-3-5-8-14/h10,14H,2-9,12H2,1H3,(H,13,15)/t10-/m0/s1. The summed E-state index contributed by atoms with van der Waals surface area (Å²) in [6.07, 6.45) is 6.61. The molecule has 0 aliphatic carbocycles. The van der Waals surface area contributed by atoms with Crippen molar-refractivity contribution in [3.05, 3.63) is 0 Å². The Morgan fingerprint density at radius 2 is 2.06 bits per heavy atom. The van der Waals surface area contributed by atoms with Gasteiger partial charge < -0.3 is 16.2 Å². The minimum Gasteiger partial charge on any atom is -0.396 e. The molecule has 96 valence electrons. The SMILES string of the molecule is CSCC[C@H](N)C(=O)NCCCCCCO. The summed E-state index contributed by atoms with van der Waals surface area (Å²) in [5.41, 5.74) is 5.71. The summed E-state index contributed by atoms with van der Waals surface area (Å²) < 4.78 is 0. The zero-order valence-electron chi connectivity index (χ0n) is 10.1. The molecule has 0 aromatic heterocycles. The lowest BCUT2D eigenvalue weighted by Crippen LogP contribution is -2.41. The Bertz CT molecular complexity index is 179. The third kappa shape index (κ3) is 9.00. The van der Waals surface area contributed by atoms with Crippen molar-refractivity contribution in [3.8, 4) is 0 Å². The fourth-order valence-corrected chi connectivity index (χ4v) is 1.80. The third-order valence-corrected chi connectivity index (χ3v) is 3.00. The second-order valence-electron chi connectivity index (χ2n) is 3.82. The molecule has 1 amide bonds. The average Bonchev–Trinajstić information content (AvgIpc) is 2.30. The van der Waals surface area contributed by atoms with Crippen LogP contribution < -0.4 is 11.1 Å². The first kappa shape index (κ1) is 15.7. The average molecular weight is 248 g/mol. The number of aliphatic hydroxyl groups is 1. The fourth-order valence-electron chi connectivity index (χ4n) is 1.31. The van der Waals surface area contributed by atoms with Crippen LogP contribution in [0.1, 0.15) is 32.1 Å². The van der Waals surface area contributed by atoms with E-state index < -0.39 is 0 Å². The van der Waals surface area contributed by atoms with E-state index in [1.165, 1.54) is 0 Å². The van der Waals surface area contributed by atoms with Crippen LogP contribution in [-0.4, -0.2) is 42.2 Å². The molecular weight excluding hydrogens is 224 g/mol. The highest BCUT2D eigenvalue weighted by Crippen LogP contribution is 2.00. The van der Waals surface area contributed by atoms with Crippen LogP contribution in [-0.2, 0) is 4.79 Å². The number of nitrogens with one attached hydrogen (secondary N) is 1. The van der Waals surface area contributed by atoms with Gasteiger partial charge >= 0.3 is 0 Å². The second-order valence-corrected chi connectivity index (χ2v) is 4.80. The molecule has 0 rings (SSSR count). The number of thioether (sulfide) groups is 1. The molecule has 0 saturated heterocycles. The van der Waals surface area contributed by atoms with Crippen molar-refractivity contribution in [1.29, 1.82) is 0 Å². The van der Waals surface area contributed by atoms with Gasteiger partial charge in [0.2, 0.25) is 5.91 Å². The van der Waals surface area contributed by atoms with E-state index in [0.717, 1.165) is 37.9 Å². The van der Waals surface area contributed by atoms with E-state index in [9.17, 15) is 4.79 Å². The molecule has 0 fully saturated rings. The van der Waals surface area contributed by atoms with Gasteiger partial charge in [0.25, 0.3) is 0 Å². The summed E-state index contributed by atoms with van der Waals surface area (Å²) in [6.45, 7) is 0.948. The monoisotopic (exact) mass is 248 g/mol. The van der Waals surface area contributed by atoms with Crippen LogP contribution in [0.2, 0.25) is 0 Å². The maximum atomic E-state index is 11.5. The van der Waals surface area contributed by atoms with Crippen molar-refractivity contribution in [2.45, 2.75) is 38.1 Å². The molecule has 1 atom stereocenters. The molecule has 0 aromatic carbocycles. The number of nitrogens with two attached hydrogens (primary N) is 1. The number of rotatable bonds is 10. The van der Waals surface area contributed by atoms with E-state index in [0.29, 0.717) is 6.54 Å². The Labute approximate surface area is 102 Å². The zero-order chi connectivity index (χ0) is 12.2. The number of unbranched alkanes of at least 4 members (excludes halogenated alkanes) is 3. The van der Waals surface area contributed by atoms with Crippen molar-refractivity contribution < 1.29 is 9.90 Å². The Balaban J connectivity index is 3.35. The normalized spacial score (nSPS) is 12.4. The molecule has 0 unspecified atom stereocenters. The van der Waals surface area contributed by atoms with Gasteiger partial charge in [-0.15, -0.1) is 0 Å². The molecule has 0 bridgehead atoms. The Morgan fingerprint density at radius 3 is 2.69 bits per heavy atom. The van der Waals surface area contributed by atoms with Gasteiger partial charge in [0.15, 0.2) is 0 Å². The molecule has 16 heavy (non-hydrogen) atoms. The second kappa shape index (κ2) is 11.2. The van der Waals surface area contributed by atoms with Gasteiger partial charge in [-0.2, -0.15) is 11.8 Å². The van der Waals surface area contributed by atoms with Crippen molar-refractivity contribution in [2.24, 2.45) is 5.73 Å². The summed E-state index contributed by atoms with van der Waals surface area (Å²) >= 11 is 1.70. The zero-order valence-corrected chi connectivity index (χ0v) is 10.9. The maximum absolute atomic E-state index is 11.5. The first-order chi connectivity index (χ1) is 7.72. The molecule has 5 heteroatoms. The highest BCUT2D eigenvalue weighted by atomic mass is 32.2. The molecule has 4 nitrogen and oxygen atoms in total. The minimum absolute atomic E-state index is 0.0452. The van der Waals surface area contributed by atoms with Gasteiger partial charge in [0.1, 0.15) is 0 Å². The quantitative estimate of drug-likeness (QED) is 0.498. The molecule has 0 spiro atoms. The lowest BCUT2D eigenvalue weighted by atomic mass is 10.2. The molecular formula is C11H24N2O2S. The van der Waals surface area contributed by atoms with Gasteiger partial charge in [-0.1, -0.05) is 12.8 Å². The molecule has 0 aromatic rings. The summed E-state index contributed by atoms with van der Waals surface area (Å²) in [4.78, 5) is 11.5. The molecule has 0 radical (unpaired) electrons. The number of hydrogen-bond acceptors (Lipinski definition) is 4. The highest BCUT2D eigenvalue weighted by Gasteiger charge is 2.11. The van der Waals surface area contributed by atoms with E-state index in [-0.39, 0.29) is 18.6 Å². The molecule has 0 heterocycles. The third-order valence-electron chi connectivity index (χ3n) is 2.35. The topological polar surface area (TPSA) is 75.4 Å². The lowest BCUT2D eigenvalue weighted by molar-refractivity contribution is -0.122. The molecule has 0 aliphatic heterocycles. The van der Waals surface area contributed by atoms with Gasteiger partial charge in [-0.25, -0.2) is 0 Å². The van der Waals surface area contributed by atoms with Crippen LogP contribution in [0.15, 0.2) is 0 Å². The minimum atomic E-state index is -0.370. The van der Waals surface area contributed by atoms with Crippen molar-refractivity contribution >= 4 is 17.7 Å². The van der Waals surface area contributed by atoms with Crippen LogP contribution in [0.3, 0.4) is 0 Å². The number of carbonyl (C=O) groups is 1. The smallest absolute Gasteiger partial charge is 0.236 e. The Morgan fingerprint density at radius 1 is 1.38 bits per heavy atom. The predicted octanol–water partition coefficient (Wildman–Crippen LogP) is 0.736. The van der Waals surface area contributed by atoms with Crippen LogP contribution in [0.4, 0.5) is 0 Å². The van der Waals surface area contributed by atoms with E-state index in [1.807, 2.05) is 6.26 Å². The number of carbonyl (C=O) groups excluding carboxylic acids is 1. The van der Waals surface area contributed by atoms with Crippen LogP contribution >= 0.6 is 11.8 Å². The summed E-state index contributed by atoms with van der Waals surface area (Å²) in [5.74, 6) is 0.877. The van der Waals surface area contributed by atoms with Gasteiger partial charge in [-0.3, -0.25) is 4.79 Å². The molecule has 0 aliphatic rings. The van der Waals surface area contributed by atoms with E-state index >= 15 is 0 Å². The first-order valence-corrected chi connectivity index (χ1v) is 7.24. The van der Waals surface area contributed by atoms with Crippen LogP contribution in [0, 0.1) is 0 Å². The van der Waals surface area contributed by atoms with Crippen molar-refractivity contribution in [3.63, 3.8) is 0 Å². The van der Waals surface area contributed by atoms with Gasteiger partial charge in [0, 0.05) is 13.2 Å². The molecule has 4 N–H and O–H groups in total. The Kier molecular flexibility index (Phi) is 11.0. The fraction of sp³-hybridized carbons (Fsp3) is 0.909. The van der Waals surface area contributed by atoms with E-state index in [1.54, 1.807) is 11.8 Å². The van der Waals surface area contributed by atoms with Gasteiger partial charge in [0.05, 0.1) is 6.04 Å². The predicted molar refractivity (Wildman–Crippen MR) is 69.5 cm³/mol. The van der Waals surface area contributed by atoms with Crippen LogP contribution in [0.5, 0.6) is 0 Å². The first-order valence-electron chi connectivity index (χ1n) is 5.85. The maximum Gasteiger partial charge on any atom is 0.236 e. The number of aliphatic hydroxyl groups excluding tert-OH is 1. The summed E-state index contributed by atoms with van der Waals surface area (Å²) in [6, 6.07) is -0.370. The largest absolute Gasteiger partial charge is 0.396 e. The number of amides is 1.